The van der Waals surface area contributed by atoms with Crippen LogP contribution in [-0.4, -0.2) is 43.2 Å². The van der Waals surface area contributed by atoms with E-state index in [9.17, 15) is 23.1 Å². The Balaban J connectivity index is 2.27. The zero-order valence-electron chi connectivity index (χ0n) is 13.2. The quantitative estimate of drug-likeness (QED) is 0.831. The van der Waals surface area contributed by atoms with E-state index in [1.807, 2.05) is 0 Å². The van der Waals surface area contributed by atoms with E-state index in [-0.39, 0.29) is 23.5 Å². The zero-order valence-corrected chi connectivity index (χ0v) is 14.1. The fourth-order valence-corrected chi connectivity index (χ4v) is 4.07. The van der Waals surface area contributed by atoms with Gasteiger partial charge in [0.25, 0.3) is 5.91 Å². The summed E-state index contributed by atoms with van der Waals surface area (Å²) in [6.45, 7) is 4.72. The average Bonchev–Trinajstić information content (AvgIpc) is 2.63. The van der Waals surface area contributed by atoms with Gasteiger partial charge in [0, 0.05) is 12.1 Å². The van der Waals surface area contributed by atoms with Gasteiger partial charge in [-0.15, -0.1) is 0 Å². The van der Waals surface area contributed by atoms with Gasteiger partial charge >= 0.3 is 0 Å². The number of nitrogens with zero attached hydrogens (tertiary/aromatic N) is 1. The molecule has 1 aromatic rings. The van der Waals surface area contributed by atoms with Gasteiger partial charge in [-0.1, -0.05) is 13.0 Å². The van der Waals surface area contributed by atoms with Crippen molar-refractivity contribution in [3.63, 3.8) is 0 Å². The fourth-order valence-electron chi connectivity index (χ4n) is 2.26. The van der Waals surface area contributed by atoms with Crippen LogP contribution in [0.15, 0.2) is 24.3 Å². The number of carbonyl (C=O) groups is 2. The third kappa shape index (κ3) is 3.89. The molecule has 0 aromatic heterocycles. The highest BCUT2D eigenvalue weighted by Crippen LogP contribution is 2.28. The van der Waals surface area contributed by atoms with Crippen LogP contribution in [0.2, 0.25) is 0 Å². The minimum absolute atomic E-state index is 0.0496. The first-order valence-electron chi connectivity index (χ1n) is 7.19. The summed E-state index contributed by atoms with van der Waals surface area (Å²) in [5.41, 5.74) is -0.693. The van der Waals surface area contributed by atoms with Gasteiger partial charge in [-0.25, -0.2) is 12.7 Å². The van der Waals surface area contributed by atoms with Gasteiger partial charge in [-0.05, 0) is 32.0 Å². The van der Waals surface area contributed by atoms with Gasteiger partial charge < -0.3 is 10.4 Å². The maximum Gasteiger partial charge on any atom is 0.251 e. The molecule has 2 amide bonds. The van der Waals surface area contributed by atoms with Crippen molar-refractivity contribution in [3.8, 4) is 0 Å². The summed E-state index contributed by atoms with van der Waals surface area (Å²) < 4.78 is 24.9. The summed E-state index contributed by atoms with van der Waals surface area (Å²) in [5.74, 6) is -1.79. The number of nitrogens with one attached hydrogen (secondary N) is 1. The maximum absolute atomic E-state index is 12.1. The van der Waals surface area contributed by atoms with E-state index in [2.05, 4.69) is 5.32 Å². The predicted octanol–water partition coefficient (Wildman–Crippen LogP) is 0.500. The zero-order chi connectivity index (χ0) is 17.4. The largest absolute Gasteiger partial charge is 0.389 e. The topological polar surface area (TPSA) is 104 Å². The van der Waals surface area contributed by atoms with Crippen LogP contribution in [0.5, 0.6) is 0 Å². The Kier molecular flexibility index (Phi) is 4.50. The first-order chi connectivity index (χ1) is 10.5. The van der Waals surface area contributed by atoms with Crippen LogP contribution in [0.3, 0.4) is 0 Å². The molecule has 7 nitrogen and oxygen atoms in total. The average molecular weight is 340 g/mol. The molecule has 0 radical (unpaired) electrons. The molecule has 1 fully saturated rings. The normalized spacial score (nSPS) is 20.6. The molecule has 2 N–H and O–H groups in total. The smallest absolute Gasteiger partial charge is 0.251 e. The van der Waals surface area contributed by atoms with Crippen molar-refractivity contribution in [1.82, 2.24) is 5.32 Å². The molecular formula is C15H20N2O5S. The predicted molar refractivity (Wildman–Crippen MR) is 85.5 cm³/mol. The number of aliphatic hydroxyl groups is 1. The Hall–Kier alpha value is -1.93. The standard InChI is InChI=1S/C15H20N2O5S/c1-10-8-23(21,22)17(14(10)19)12-6-4-5-11(7-12)13(18)16-9-15(2,3)20/h4-7,10,20H,8-9H2,1-3H3,(H,16,18). The second-order valence-corrected chi connectivity index (χ2v) is 8.19. The molecule has 0 aliphatic carbocycles. The van der Waals surface area contributed by atoms with Crippen molar-refractivity contribution >= 4 is 27.5 Å². The van der Waals surface area contributed by atoms with Gasteiger partial charge in [0.05, 0.1) is 23.0 Å². The Labute approximate surface area is 135 Å². The lowest BCUT2D eigenvalue weighted by Crippen LogP contribution is -2.38. The third-order valence-corrected chi connectivity index (χ3v) is 5.25. The lowest BCUT2D eigenvalue weighted by atomic mass is 10.1. The Morgan fingerprint density at radius 1 is 1.43 bits per heavy atom. The highest BCUT2D eigenvalue weighted by Gasteiger charge is 2.42. The van der Waals surface area contributed by atoms with Crippen LogP contribution in [0.4, 0.5) is 5.69 Å². The van der Waals surface area contributed by atoms with Gasteiger partial charge in [-0.2, -0.15) is 0 Å². The molecule has 126 valence electrons. The van der Waals surface area contributed by atoms with Crippen LogP contribution < -0.4 is 9.62 Å². The highest BCUT2D eigenvalue weighted by atomic mass is 32.2. The van der Waals surface area contributed by atoms with Crippen molar-refractivity contribution in [1.29, 1.82) is 0 Å². The summed E-state index contributed by atoms with van der Waals surface area (Å²) in [6.07, 6.45) is 0. The number of hydrogen-bond donors (Lipinski definition) is 2. The summed E-state index contributed by atoms with van der Waals surface area (Å²) in [5, 5.41) is 12.2. The number of rotatable bonds is 4. The molecule has 1 atom stereocenters. The molecule has 1 heterocycles. The first-order valence-corrected chi connectivity index (χ1v) is 8.80. The van der Waals surface area contributed by atoms with Crippen molar-refractivity contribution < 1.29 is 23.1 Å². The van der Waals surface area contributed by atoms with E-state index in [0.29, 0.717) is 0 Å². The van der Waals surface area contributed by atoms with Gasteiger partial charge in [0.15, 0.2) is 0 Å². The second-order valence-electron chi connectivity index (χ2n) is 6.33. The Morgan fingerprint density at radius 2 is 2.09 bits per heavy atom. The minimum Gasteiger partial charge on any atom is -0.389 e. The molecule has 1 saturated heterocycles. The lowest BCUT2D eigenvalue weighted by Gasteiger charge is -2.18. The summed E-state index contributed by atoms with van der Waals surface area (Å²) in [7, 11) is -3.70. The fraction of sp³-hybridized carbons (Fsp3) is 0.467. The van der Waals surface area contributed by atoms with Gasteiger partial charge in [0.1, 0.15) is 0 Å². The van der Waals surface area contributed by atoms with Crippen molar-refractivity contribution in [2.75, 3.05) is 16.6 Å². The van der Waals surface area contributed by atoms with Gasteiger partial charge in [-0.3, -0.25) is 9.59 Å². The Morgan fingerprint density at radius 3 is 2.61 bits per heavy atom. The molecule has 1 aliphatic heterocycles. The molecule has 2 rings (SSSR count). The molecule has 1 aromatic carbocycles. The highest BCUT2D eigenvalue weighted by molar-refractivity contribution is 7.94. The monoisotopic (exact) mass is 340 g/mol. The molecule has 0 bridgehead atoms. The van der Waals surface area contributed by atoms with E-state index >= 15 is 0 Å². The number of carbonyl (C=O) groups excluding carboxylic acids is 2. The van der Waals surface area contributed by atoms with Crippen LogP contribution in [-0.2, 0) is 14.8 Å². The number of hydrogen-bond acceptors (Lipinski definition) is 5. The van der Waals surface area contributed by atoms with E-state index in [4.69, 9.17) is 0 Å². The van der Waals surface area contributed by atoms with E-state index in [0.717, 1.165) is 4.31 Å². The third-order valence-electron chi connectivity index (χ3n) is 3.38. The molecular weight excluding hydrogens is 320 g/mol. The number of anilines is 1. The lowest BCUT2D eigenvalue weighted by molar-refractivity contribution is -0.119. The van der Waals surface area contributed by atoms with Gasteiger partial charge in [0.2, 0.25) is 15.9 Å². The molecule has 0 spiro atoms. The van der Waals surface area contributed by atoms with Crippen LogP contribution >= 0.6 is 0 Å². The summed E-state index contributed by atoms with van der Waals surface area (Å²) in [4.78, 5) is 24.2. The molecule has 1 aliphatic rings. The van der Waals surface area contributed by atoms with Crippen LogP contribution in [0, 0.1) is 5.92 Å². The summed E-state index contributed by atoms with van der Waals surface area (Å²) >= 11 is 0. The number of sulfonamides is 1. The maximum atomic E-state index is 12.1. The number of benzene rings is 1. The van der Waals surface area contributed by atoms with Crippen molar-refractivity contribution in [2.24, 2.45) is 5.92 Å². The van der Waals surface area contributed by atoms with E-state index in [1.54, 1.807) is 20.8 Å². The Bertz CT molecular complexity index is 736. The second kappa shape index (κ2) is 5.93. The van der Waals surface area contributed by atoms with Crippen molar-refractivity contribution in [3.05, 3.63) is 29.8 Å². The van der Waals surface area contributed by atoms with Crippen LogP contribution in [0.1, 0.15) is 31.1 Å². The first kappa shape index (κ1) is 17.4. The van der Waals surface area contributed by atoms with Crippen LogP contribution in [0.25, 0.3) is 0 Å². The minimum atomic E-state index is -3.70. The van der Waals surface area contributed by atoms with Crippen molar-refractivity contribution in [2.45, 2.75) is 26.4 Å². The number of amides is 2. The molecule has 0 saturated carbocycles. The molecule has 1 unspecified atom stereocenters. The molecule has 8 heteroatoms. The molecule has 23 heavy (non-hydrogen) atoms. The van der Waals surface area contributed by atoms with E-state index in [1.165, 1.54) is 24.3 Å². The summed E-state index contributed by atoms with van der Waals surface area (Å²) in [6, 6.07) is 5.85. The SMILES string of the molecule is CC1CS(=O)(=O)N(c2cccc(C(=O)NCC(C)(C)O)c2)C1=O. The van der Waals surface area contributed by atoms with E-state index < -0.39 is 33.4 Å².